The minimum absolute atomic E-state index is 0. The van der Waals surface area contributed by atoms with Crippen LogP contribution < -0.4 is 0 Å². The first-order valence-corrected chi connectivity index (χ1v) is 0. The van der Waals surface area contributed by atoms with E-state index in [1.54, 1.807) is 0 Å². The van der Waals surface area contributed by atoms with E-state index in [4.69, 9.17) is 0 Å². The van der Waals surface area contributed by atoms with E-state index in [1.807, 2.05) is 0 Å². The summed E-state index contributed by atoms with van der Waals surface area (Å²) in [7, 11) is 0. The van der Waals surface area contributed by atoms with Crippen LogP contribution in [0.15, 0.2) is 0 Å². The van der Waals surface area contributed by atoms with Gasteiger partial charge < -0.3 is 27.4 Å². The van der Waals surface area contributed by atoms with Crippen molar-refractivity contribution < 1.29 is 138 Å². The van der Waals surface area contributed by atoms with Crippen LogP contribution in [0.1, 0.15) is 0 Å². The average molecular weight is 489 g/mol. The summed E-state index contributed by atoms with van der Waals surface area (Å²) in [6.45, 7) is 0. The maximum Gasteiger partial charge on any atom is 3.00 e. The largest absolute Gasteiger partial charge is 3.00 e. The van der Waals surface area contributed by atoms with Crippen molar-refractivity contribution in [1.29, 1.82) is 0 Å². The quantitative estimate of drug-likeness (QED) is 0.402. The van der Waals surface area contributed by atoms with Crippen molar-refractivity contribution in [3.63, 3.8) is 0 Å². The van der Waals surface area contributed by atoms with Gasteiger partial charge in [0.05, 0.1) is 0 Å². The Morgan fingerprint density at radius 2 is 0.333 bits per heavy atom. The third kappa shape index (κ3) is 86.2. The van der Waals surface area contributed by atoms with Crippen molar-refractivity contribution in [1.82, 2.24) is 0 Å². The first kappa shape index (κ1) is 138. The van der Waals surface area contributed by atoms with Gasteiger partial charge in [-0.05, 0) is 0 Å². The van der Waals surface area contributed by atoms with E-state index in [0.29, 0.717) is 0 Å². The fourth-order valence-electron chi connectivity index (χ4n) is 0. The smallest absolute Gasteiger partial charge is 2.00 e. The molecule has 0 saturated carbocycles. The van der Waals surface area contributed by atoms with E-state index < -0.39 is 0 Å². The molecule has 0 aromatic heterocycles. The zero-order chi connectivity index (χ0) is 0. The number of hydrogen-bond acceptors (Lipinski definition) is 0. The minimum Gasteiger partial charge on any atom is -2.00 e. The van der Waals surface area contributed by atoms with E-state index in [2.05, 4.69) is 0 Å². The Kier molecular flexibility index (Phi) is 1610. The molecule has 0 spiro atoms. The topological polar surface area (TPSA) is 142 Å². The molecule has 5 nitrogen and oxygen atoms in total. The predicted octanol–water partition coefficient (Wildman–Crippen LogP) is -0.599. The molecule has 0 rings (SSSR count). The molecule has 0 unspecified atom stereocenters. The van der Waals surface area contributed by atoms with E-state index >= 15 is 0 Å². The summed E-state index contributed by atoms with van der Waals surface area (Å²) in [5, 5.41) is 0. The van der Waals surface area contributed by atoms with Crippen LogP contribution in [0.4, 0.5) is 0 Å². The summed E-state index contributed by atoms with van der Waals surface area (Å²) in [4.78, 5) is 0. The van der Waals surface area contributed by atoms with Crippen molar-refractivity contribution in [3.8, 4) is 0 Å². The van der Waals surface area contributed by atoms with Gasteiger partial charge in [-0.1, -0.05) is 0 Å². The number of rotatable bonds is 0. The molecule has 0 radical (unpaired) electrons. The Labute approximate surface area is 135 Å². The Balaban J connectivity index is 0. The van der Waals surface area contributed by atoms with Gasteiger partial charge in [-0.2, -0.15) is 0 Å². The summed E-state index contributed by atoms with van der Waals surface area (Å²) >= 11 is 0. The second-order valence-electron chi connectivity index (χ2n) is 0. The van der Waals surface area contributed by atoms with Crippen LogP contribution in [0.3, 0.4) is 0 Å². The molecular weight excluding hydrogens is 489 g/mol. The van der Waals surface area contributed by atoms with Crippen LogP contribution in [-0.4, -0.2) is 0 Å². The van der Waals surface area contributed by atoms with Crippen molar-refractivity contribution in [2.45, 2.75) is 0 Å². The van der Waals surface area contributed by atoms with Gasteiger partial charge >= 0.3 is 110 Å². The van der Waals surface area contributed by atoms with Gasteiger partial charge in [0.15, 0.2) is 0 Å². The van der Waals surface area contributed by atoms with Crippen LogP contribution >= 0.6 is 0 Å². The first-order chi connectivity index (χ1) is 0. The standard InChI is InChI=1S/2La.5O.2Zn/q2*+3;5*-2;2*+2. The third-order valence-electron chi connectivity index (χ3n) is 0. The Bertz CT molecular complexity index is 12.9. The Morgan fingerprint density at radius 1 is 0.333 bits per heavy atom. The molecule has 0 aromatic rings. The molecule has 0 heterocycles. The average Bonchev–Trinajstić information content (AvgIpc) is 0. The molecule has 0 fully saturated rings. The molecule has 40 valence electrons. The normalized spacial score (nSPS) is 0. The summed E-state index contributed by atoms with van der Waals surface area (Å²) in [6.07, 6.45) is 0. The SMILES string of the molecule is [La+3].[La+3].[O-2].[O-2].[O-2].[O-2].[O-2].[Zn+2].[Zn+2]. The molecule has 0 bridgehead atoms. The molecular formula is La2O5Zn2. The monoisotopic (exact) mass is 486 g/mol. The maximum atomic E-state index is 0. The van der Waals surface area contributed by atoms with E-state index in [-0.39, 0.29) is 138 Å². The van der Waals surface area contributed by atoms with Gasteiger partial charge in [0.2, 0.25) is 0 Å². The van der Waals surface area contributed by atoms with Crippen molar-refractivity contribution in [3.05, 3.63) is 0 Å². The first-order valence-electron chi connectivity index (χ1n) is 0. The van der Waals surface area contributed by atoms with Crippen LogP contribution in [0, 0.1) is 71.2 Å². The second-order valence-corrected chi connectivity index (χ2v) is 0. The summed E-state index contributed by atoms with van der Waals surface area (Å²) in [5.41, 5.74) is 0. The van der Waals surface area contributed by atoms with E-state index in [9.17, 15) is 0 Å². The van der Waals surface area contributed by atoms with Crippen molar-refractivity contribution >= 4 is 0 Å². The molecule has 0 aromatic carbocycles. The Hall–Kier alpha value is 3.44. The van der Waals surface area contributed by atoms with Crippen LogP contribution in [-0.2, 0) is 66.3 Å². The van der Waals surface area contributed by atoms with Gasteiger partial charge in [-0.3, -0.25) is 0 Å². The predicted molar refractivity (Wildman–Crippen MR) is 3.43 cm³/mol. The number of hydrogen-bond donors (Lipinski definition) is 0. The molecule has 0 atom stereocenters. The Morgan fingerprint density at radius 3 is 0.333 bits per heavy atom. The van der Waals surface area contributed by atoms with Gasteiger partial charge in [0.25, 0.3) is 0 Å². The molecule has 0 aliphatic rings. The minimum atomic E-state index is 0. The molecule has 0 saturated heterocycles. The second kappa shape index (κ2) is 105. The van der Waals surface area contributed by atoms with Gasteiger partial charge in [-0.25, -0.2) is 0 Å². The molecule has 9 heavy (non-hydrogen) atoms. The van der Waals surface area contributed by atoms with E-state index in [1.165, 1.54) is 0 Å². The fraction of sp³-hybridized carbons (Fsp3) is 0. The molecule has 0 aliphatic carbocycles. The maximum absolute atomic E-state index is 0. The molecule has 0 N–H and O–H groups in total. The summed E-state index contributed by atoms with van der Waals surface area (Å²) in [6, 6.07) is 0. The fourth-order valence-corrected chi connectivity index (χ4v) is 0. The van der Waals surface area contributed by atoms with E-state index in [0.717, 1.165) is 0 Å². The van der Waals surface area contributed by atoms with Crippen LogP contribution in [0.5, 0.6) is 0 Å². The van der Waals surface area contributed by atoms with Gasteiger partial charge in [0, 0.05) is 0 Å². The van der Waals surface area contributed by atoms with Crippen LogP contribution in [0.2, 0.25) is 0 Å². The van der Waals surface area contributed by atoms with Crippen molar-refractivity contribution in [2.75, 3.05) is 0 Å². The van der Waals surface area contributed by atoms with Gasteiger partial charge in [-0.15, -0.1) is 0 Å². The third-order valence-corrected chi connectivity index (χ3v) is 0. The van der Waals surface area contributed by atoms with Gasteiger partial charge in [0.1, 0.15) is 0 Å². The van der Waals surface area contributed by atoms with Crippen LogP contribution in [0.25, 0.3) is 0 Å². The zero-order valence-electron chi connectivity index (χ0n) is 4.61. The molecule has 9 heteroatoms. The molecule has 0 amide bonds. The van der Waals surface area contributed by atoms with Crippen molar-refractivity contribution in [2.24, 2.45) is 0 Å². The zero-order valence-corrected chi connectivity index (χ0v) is 17.8. The summed E-state index contributed by atoms with van der Waals surface area (Å²) < 4.78 is 0. The summed E-state index contributed by atoms with van der Waals surface area (Å²) in [5.74, 6) is 0. The molecule has 0 aliphatic heterocycles.